The quantitative estimate of drug-likeness (QED) is 0.416. The number of rotatable bonds is 5. The van der Waals surface area contributed by atoms with Crippen LogP contribution in [0.4, 0.5) is 0 Å². The summed E-state index contributed by atoms with van der Waals surface area (Å²) in [6.07, 6.45) is 2.48. The van der Waals surface area contributed by atoms with E-state index in [1.54, 1.807) is 7.11 Å². The van der Waals surface area contributed by atoms with Crippen molar-refractivity contribution in [3.05, 3.63) is 29.8 Å². The topological polar surface area (TPSA) is 40.1 Å². The third-order valence-electron chi connectivity index (χ3n) is 4.87. The van der Waals surface area contributed by atoms with Gasteiger partial charge in [0.15, 0.2) is 5.96 Å². The number of hydrogen-bond donors (Lipinski definition) is 1. The van der Waals surface area contributed by atoms with Crippen molar-refractivity contribution in [2.45, 2.75) is 25.8 Å². The largest absolute Gasteiger partial charge is 0.496 e. The fraction of sp³-hybridized carbons (Fsp3) is 0.632. The molecule has 0 amide bonds. The van der Waals surface area contributed by atoms with E-state index in [4.69, 9.17) is 4.74 Å². The summed E-state index contributed by atoms with van der Waals surface area (Å²) < 4.78 is 5.54. The van der Waals surface area contributed by atoms with Gasteiger partial charge >= 0.3 is 0 Å². The lowest BCUT2D eigenvalue weighted by atomic mass is 9.99. The summed E-state index contributed by atoms with van der Waals surface area (Å²) in [6.45, 7) is 5.30. The van der Waals surface area contributed by atoms with Gasteiger partial charge in [-0.1, -0.05) is 25.1 Å². The highest BCUT2D eigenvalue weighted by Gasteiger charge is 2.22. The van der Waals surface area contributed by atoms with Gasteiger partial charge in [-0.25, -0.2) is 0 Å². The van der Waals surface area contributed by atoms with Crippen LogP contribution in [0, 0.1) is 5.92 Å². The van der Waals surface area contributed by atoms with Gasteiger partial charge in [0.1, 0.15) is 5.75 Å². The number of benzene rings is 1. The van der Waals surface area contributed by atoms with Crippen LogP contribution in [0.25, 0.3) is 0 Å². The summed E-state index contributed by atoms with van der Waals surface area (Å²) in [4.78, 5) is 9.07. The number of para-hydroxylation sites is 1. The molecule has 1 unspecified atom stereocenters. The normalized spacial score (nSPS) is 17.2. The van der Waals surface area contributed by atoms with Crippen molar-refractivity contribution in [3.8, 4) is 5.75 Å². The Bertz CT molecular complexity index is 542. The maximum absolute atomic E-state index is 5.54. The molecule has 0 spiro atoms. The zero-order valence-electron chi connectivity index (χ0n) is 16.2. The molecule has 1 aliphatic rings. The molecule has 1 aromatic carbocycles. The third-order valence-corrected chi connectivity index (χ3v) is 4.87. The second-order valence-electron chi connectivity index (χ2n) is 6.82. The van der Waals surface area contributed by atoms with Crippen molar-refractivity contribution in [2.24, 2.45) is 10.9 Å². The number of nitrogens with zero attached hydrogens (tertiary/aromatic N) is 3. The van der Waals surface area contributed by atoms with Gasteiger partial charge in [0.2, 0.25) is 0 Å². The van der Waals surface area contributed by atoms with Gasteiger partial charge in [0.05, 0.1) is 13.2 Å². The molecule has 1 atom stereocenters. The second kappa shape index (κ2) is 10.9. The first-order valence-electron chi connectivity index (χ1n) is 8.81. The molecule has 1 aliphatic heterocycles. The van der Waals surface area contributed by atoms with E-state index in [1.807, 2.05) is 19.2 Å². The summed E-state index contributed by atoms with van der Waals surface area (Å²) in [5.74, 6) is 2.76. The lowest BCUT2D eigenvalue weighted by Gasteiger charge is -2.34. The highest BCUT2D eigenvalue weighted by Crippen LogP contribution is 2.27. The van der Waals surface area contributed by atoms with Gasteiger partial charge in [-0.05, 0) is 38.9 Å². The molecule has 142 valence electrons. The number of hydrogen-bond acceptors (Lipinski definition) is 3. The van der Waals surface area contributed by atoms with Crippen LogP contribution in [0.2, 0.25) is 0 Å². The Morgan fingerprint density at radius 1 is 1.32 bits per heavy atom. The van der Waals surface area contributed by atoms with E-state index >= 15 is 0 Å². The van der Waals surface area contributed by atoms with Gasteiger partial charge < -0.3 is 19.9 Å². The van der Waals surface area contributed by atoms with E-state index in [1.165, 1.54) is 18.4 Å². The number of nitrogens with one attached hydrogen (secondary N) is 1. The summed E-state index contributed by atoms with van der Waals surface area (Å²) in [6, 6.07) is 8.45. The Labute approximate surface area is 169 Å². The van der Waals surface area contributed by atoms with Crippen molar-refractivity contribution in [2.75, 3.05) is 47.9 Å². The van der Waals surface area contributed by atoms with E-state index in [9.17, 15) is 0 Å². The molecule has 6 heteroatoms. The summed E-state index contributed by atoms with van der Waals surface area (Å²) >= 11 is 0. The van der Waals surface area contributed by atoms with E-state index in [-0.39, 0.29) is 30.0 Å². The molecule has 1 heterocycles. The van der Waals surface area contributed by atoms with Crippen LogP contribution in [0.1, 0.15) is 31.4 Å². The van der Waals surface area contributed by atoms with E-state index in [2.05, 4.69) is 53.3 Å². The predicted molar refractivity (Wildman–Crippen MR) is 116 cm³/mol. The Morgan fingerprint density at radius 2 is 1.96 bits per heavy atom. The molecule has 0 saturated carbocycles. The zero-order chi connectivity index (χ0) is 17.5. The second-order valence-corrected chi connectivity index (χ2v) is 6.82. The number of likely N-dealkylation sites (N-methyl/N-ethyl adjacent to an activating group) is 1. The molecule has 1 saturated heterocycles. The van der Waals surface area contributed by atoms with Crippen LogP contribution in [0.5, 0.6) is 5.75 Å². The van der Waals surface area contributed by atoms with E-state index < -0.39 is 0 Å². The van der Waals surface area contributed by atoms with E-state index in [0.29, 0.717) is 0 Å². The smallest absolute Gasteiger partial charge is 0.193 e. The Balaban J connectivity index is 0.00000312. The SMILES string of the molecule is CN=C(NCC(c1ccccc1OC)N(C)C)N1CCC(C)CC1.I. The number of aliphatic imine (C=N–C) groups is 1. The number of methoxy groups -OCH3 is 1. The summed E-state index contributed by atoms with van der Waals surface area (Å²) in [5.41, 5.74) is 1.19. The van der Waals surface area contributed by atoms with Crippen LogP contribution >= 0.6 is 24.0 Å². The van der Waals surface area contributed by atoms with Gasteiger partial charge in [0.25, 0.3) is 0 Å². The molecule has 1 aromatic rings. The molecule has 1 N–H and O–H groups in total. The lowest BCUT2D eigenvalue weighted by Crippen LogP contribution is -2.47. The van der Waals surface area contributed by atoms with Gasteiger partial charge in [-0.2, -0.15) is 0 Å². The first-order valence-corrected chi connectivity index (χ1v) is 8.81. The van der Waals surface area contributed by atoms with Gasteiger partial charge in [-0.15, -0.1) is 24.0 Å². The molecule has 0 bridgehead atoms. The number of piperidine rings is 1. The average Bonchev–Trinajstić information content (AvgIpc) is 2.59. The molecule has 2 rings (SSSR count). The number of guanidine groups is 1. The third kappa shape index (κ3) is 6.02. The fourth-order valence-corrected chi connectivity index (χ4v) is 3.25. The Kier molecular flexibility index (Phi) is 9.56. The van der Waals surface area contributed by atoms with Crippen LogP contribution in [0.3, 0.4) is 0 Å². The monoisotopic (exact) mass is 460 g/mol. The lowest BCUT2D eigenvalue weighted by molar-refractivity contribution is 0.261. The van der Waals surface area contributed by atoms with Crippen LogP contribution < -0.4 is 10.1 Å². The first kappa shape index (κ1) is 22.0. The molecule has 0 aromatic heterocycles. The van der Waals surface area contributed by atoms with Crippen molar-refractivity contribution in [1.82, 2.24) is 15.1 Å². The summed E-state index contributed by atoms with van der Waals surface area (Å²) in [5, 5.41) is 3.56. The number of likely N-dealkylation sites (tertiary alicyclic amines) is 1. The minimum Gasteiger partial charge on any atom is -0.496 e. The molecule has 0 radical (unpaired) electrons. The highest BCUT2D eigenvalue weighted by atomic mass is 127. The molecule has 0 aliphatic carbocycles. The van der Waals surface area contributed by atoms with Crippen molar-refractivity contribution in [1.29, 1.82) is 0 Å². The standard InChI is InChI=1S/C19H32N4O.HI/c1-15-10-12-23(13-11-15)19(20-2)21-14-17(22(3)4)16-8-6-7-9-18(16)24-5;/h6-9,15,17H,10-14H2,1-5H3,(H,20,21);1H. The number of ether oxygens (including phenoxy) is 1. The van der Waals surface area contributed by atoms with Crippen molar-refractivity contribution >= 4 is 29.9 Å². The van der Waals surface area contributed by atoms with E-state index in [0.717, 1.165) is 37.3 Å². The molecular formula is C19H33IN4O. The number of halogens is 1. The van der Waals surface area contributed by atoms with Crippen molar-refractivity contribution < 1.29 is 4.74 Å². The zero-order valence-corrected chi connectivity index (χ0v) is 18.5. The van der Waals surface area contributed by atoms with Crippen LogP contribution in [-0.2, 0) is 0 Å². The first-order chi connectivity index (χ1) is 11.6. The molecular weight excluding hydrogens is 427 g/mol. The van der Waals surface area contributed by atoms with Gasteiger partial charge in [-0.3, -0.25) is 4.99 Å². The highest BCUT2D eigenvalue weighted by molar-refractivity contribution is 14.0. The maximum Gasteiger partial charge on any atom is 0.193 e. The van der Waals surface area contributed by atoms with Gasteiger partial charge in [0, 0.05) is 32.2 Å². The average molecular weight is 460 g/mol. The minimum absolute atomic E-state index is 0. The minimum atomic E-state index is 0. The predicted octanol–water partition coefficient (Wildman–Crippen LogP) is 3.22. The molecule has 5 nitrogen and oxygen atoms in total. The summed E-state index contributed by atoms with van der Waals surface area (Å²) in [7, 11) is 7.80. The molecule has 25 heavy (non-hydrogen) atoms. The molecule has 1 fully saturated rings. The Morgan fingerprint density at radius 3 is 2.52 bits per heavy atom. The van der Waals surface area contributed by atoms with Crippen LogP contribution in [-0.4, -0.2) is 63.6 Å². The van der Waals surface area contributed by atoms with Crippen molar-refractivity contribution in [3.63, 3.8) is 0 Å². The fourth-order valence-electron chi connectivity index (χ4n) is 3.25. The maximum atomic E-state index is 5.54. The Hall–Kier alpha value is -1.02. The van der Waals surface area contributed by atoms with Crippen LogP contribution in [0.15, 0.2) is 29.3 Å².